The zero-order valence-electron chi connectivity index (χ0n) is 17.4. The van der Waals surface area contributed by atoms with E-state index in [1.54, 1.807) is 6.07 Å². The quantitative estimate of drug-likeness (QED) is 0.520. The van der Waals surface area contributed by atoms with E-state index < -0.39 is 19.1 Å². The largest absolute Gasteiger partial charge is 0.481 e. The van der Waals surface area contributed by atoms with Crippen LogP contribution in [0, 0.1) is 5.92 Å². The lowest BCUT2D eigenvalue weighted by Gasteiger charge is -2.33. The fourth-order valence-electron chi connectivity index (χ4n) is 3.90. The normalized spacial score (nSPS) is 15.3. The molecule has 0 amide bonds. The van der Waals surface area contributed by atoms with Gasteiger partial charge in [-0.05, 0) is 31.2 Å². The molecule has 0 bridgehead atoms. The van der Waals surface area contributed by atoms with Crippen molar-refractivity contribution in [3.05, 3.63) is 46.8 Å². The molecule has 0 radical (unpaired) electrons. The van der Waals surface area contributed by atoms with Gasteiger partial charge in [-0.1, -0.05) is 0 Å². The number of aromatic nitrogens is 3. The van der Waals surface area contributed by atoms with Gasteiger partial charge in [0.1, 0.15) is 12.1 Å². The number of hydrogen-bond donors (Lipinski definition) is 2. The number of methoxy groups -OCH3 is 1. The molecule has 1 aliphatic rings. The average Bonchev–Trinajstić information content (AvgIpc) is 3.31. The Morgan fingerprint density at radius 3 is 2.72 bits per heavy atom. The molecule has 32 heavy (non-hydrogen) atoms. The van der Waals surface area contributed by atoms with Crippen LogP contribution in [0.5, 0.6) is 5.88 Å². The molecule has 4 rings (SSSR count). The van der Waals surface area contributed by atoms with Crippen LogP contribution in [0.15, 0.2) is 40.1 Å². The third kappa shape index (κ3) is 4.59. The first kappa shape index (κ1) is 22.2. The van der Waals surface area contributed by atoms with Crippen LogP contribution in [0.4, 0.5) is 5.82 Å². The number of furan rings is 1. The molecule has 1 aliphatic heterocycles. The van der Waals surface area contributed by atoms with E-state index in [1.807, 2.05) is 4.90 Å². The molecule has 170 valence electrons. The monoisotopic (exact) mass is 462 g/mol. The topological polar surface area (TPSA) is 148 Å². The number of fused-ring (bicyclic) bond motifs is 1. The standard InChI is InChI=1S/C20H23N4O7P/c1-30-16-10-15-11-21-24(19(25)14-4-8-31-12-14)20(26)17(15)18(22-16)23-6-2-13(3-7-23)5-9-32(27,28)29/h4,8,10-13H,2-3,5-7,9H2,1H3,(H2,27,28,29). The van der Waals surface area contributed by atoms with E-state index in [1.165, 1.54) is 31.9 Å². The maximum atomic E-state index is 13.3. The average molecular weight is 462 g/mol. The van der Waals surface area contributed by atoms with Crippen molar-refractivity contribution in [3.63, 3.8) is 0 Å². The van der Waals surface area contributed by atoms with Crippen LogP contribution >= 0.6 is 7.60 Å². The number of rotatable bonds is 6. The molecule has 2 N–H and O–H groups in total. The Hall–Kier alpha value is -3.01. The molecule has 1 fully saturated rings. The number of carbonyl (C=O) groups excluding carboxylic acids is 1. The van der Waals surface area contributed by atoms with Gasteiger partial charge in [-0.3, -0.25) is 14.2 Å². The van der Waals surface area contributed by atoms with E-state index in [2.05, 4.69) is 10.1 Å². The van der Waals surface area contributed by atoms with Crippen molar-refractivity contribution in [1.29, 1.82) is 0 Å². The highest BCUT2D eigenvalue weighted by molar-refractivity contribution is 7.51. The van der Waals surface area contributed by atoms with E-state index in [0.29, 0.717) is 49.4 Å². The Bertz CT molecular complexity index is 1230. The predicted molar refractivity (Wildman–Crippen MR) is 115 cm³/mol. The molecule has 0 atom stereocenters. The zero-order chi connectivity index (χ0) is 22.9. The van der Waals surface area contributed by atoms with Crippen molar-refractivity contribution in [2.45, 2.75) is 19.3 Å². The molecule has 0 spiro atoms. The van der Waals surface area contributed by atoms with Crippen LogP contribution < -0.4 is 15.2 Å². The van der Waals surface area contributed by atoms with Gasteiger partial charge in [-0.2, -0.15) is 14.8 Å². The number of anilines is 1. The van der Waals surface area contributed by atoms with Gasteiger partial charge in [0.2, 0.25) is 5.88 Å². The first-order valence-electron chi connectivity index (χ1n) is 10.1. The minimum atomic E-state index is -4.02. The Balaban J connectivity index is 1.67. The Morgan fingerprint density at radius 1 is 1.34 bits per heavy atom. The lowest BCUT2D eigenvalue weighted by atomic mass is 9.94. The van der Waals surface area contributed by atoms with Gasteiger partial charge in [0, 0.05) is 24.5 Å². The number of ether oxygens (including phenoxy) is 1. The van der Waals surface area contributed by atoms with Gasteiger partial charge in [-0.25, -0.2) is 0 Å². The van der Waals surface area contributed by atoms with Crippen LogP contribution in [0.3, 0.4) is 0 Å². The number of nitrogens with zero attached hydrogens (tertiary/aromatic N) is 4. The second-order valence-corrected chi connectivity index (χ2v) is 9.52. The fraction of sp³-hybridized carbons (Fsp3) is 0.400. The molecule has 0 aromatic carbocycles. The number of pyridine rings is 1. The molecule has 11 nitrogen and oxygen atoms in total. The zero-order valence-corrected chi connectivity index (χ0v) is 18.3. The lowest BCUT2D eigenvalue weighted by Crippen LogP contribution is -2.36. The first-order chi connectivity index (χ1) is 15.3. The number of piperidine rings is 1. The van der Waals surface area contributed by atoms with Gasteiger partial charge in [-0.15, -0.1) is 0 Å². The summed E-state index contributed by atoms with van der Waals surface area (Å²) in [6.07, 6.45) is 5.73. The van der Waals surface area contributed by atoms with Crippen molar-refractivity contribution in [2.75, 3.05) is 31.3 Å². The Kier molecular flexibility index (Phi) is 6.14. The highest BCUT2D eigenvalue weighted by Gasteiger charge is 2.26. The minimum Gasteiger partial charge on any atom is -0.481 e. The molecule has 4 heterocycles. The summed E-state index contributed by atoms with van der Waals surface area (Å²) < 4.78 is 22.2. The molecule has 1 saturated heterocycles. The highest BCUT2D eigenvalue weighted by atomic mass is 31.2. The number of hydrogen-bond acceptors (Lipinski definition) is 8. The molecule has 3 aromatic rings. The maximum absolute atomic E-state index is 13.3. The summed E-state index contributed by atoms with van der Waals surface area (Å²) in [7, 11) is -2.55. The van der Waals surface area contributed by atoms with Crippen LogP contribution in [0.25, 0.3) is 10.8 Å². The van der Waals surface area contributed by atoms with Crippen molar-refractivity contribution >= 4 is 30.1 Å². The second-order valence-electron chi connectivity index (χ2n) is 7.74. The first-order valence-corrected chi connectivity index (χ1v) is 11.9. The van der Waals surface area contributed by atoms with Crippen LogP contribution in [-0.2, 0) is 4.57 Å². The second kappa shape index (κ2) is 8.85. The predicted octanol–water partition coefficient (Wildman–Crippen LogP) is 1.87. The van der Waals surface area contributed by atoms with Crippen molar-refractivity contribution in [2.24, 2.45) is 5.92 Å². The van der Waals surface area contributed by atoms with E-state index >= 15 is 0 Å². The smallest absolute Gasteiger partial charge is 0.325 e. The van der Waals surface area contributed by atoms with Gasteiger partial charge < -0.3 is 23.8 Å². The van der Waals surface area contributed by atoms with Crippen LogP contribution in [0.1, 0.15) is 29.6 Å². The summed E-state index contributed by atoms with van der Waals surface area (Å²) in [5.41, 5.74) is -0.393. The van der Waals surface area contributed by atoms with E-state index in [-0.39, 0.29) is 23.0 Å². The molecular formula is C20H23N4O7P. The molecule has 0 unspecified atom stereocenters. The number of carbonyl (C=O) groups is 1. The van der Waals surface area contributed by atoms with E-state index in [0.717, 1.165) is 4.68 Å². The summed E-state index contributed by atoms with van der Waals surface area (Å²) in [6, 6.07) is 3.04. The van der Waals surface area contributed by atoms with Gasteiger partial charge in [0.25, 0.3) is 11.5 Å². The highest BCUT2D eigenvalue weighted by Crippen LogP contribution is 2.38. The van der Waals surface area contributed by atoms with Crippen LogP contribution in [-0.4, -0.2) is 56.8 Å². The molecule has 3 aromatic heterocycles. The lowest BCUT2D eigenvalue weighted by molar-refractivity contribution is 0.0939. The SMILES string of the molecule is COc1cc2cnn(C(=O)c3ccoc3)c(=O)c2c(N2CCC(CCP(=O)(O)O)CC2)n1. The molecular weight excluding hydrogens is 439 g/mol. The summed E-state index contributed by atoms with van der Waals surface area (Å²) in [6.45, 7) is 1.11. The molecule has 0 aliphatic carbocycles. The fourth-order valence-corrected chi connectivity index (χ4v) is 4.60. The van der Waals surface area contributed by atoms with Gasteiger partial charge in [0.15, 0.2) is 0 Å². The third-order valence-electron chi connectivity index (χ3n) is 5.64. The summed E-state index contributed by atoms with van der Waals surface area (Å²) in [5, 5.41) is 4.77. The minimum absolute atomic E-state index is 0.134. The Labute approximate surface area is 182 Å². The van der Waals surface area contributed by atoms with Gasteiger partial charge in [0.05, 0.1) is 36.7 Å². The molecule has 12 heteroatoms. The van der Waals surface area contributed by atoms with Crippen LogP contribution in [0.2, 0.25) is 0 Å². The van der Waals surface area contributed by atoms with E-state index in [9.17, 15) is 14.2 Å². The van der Waals surface area contributed by atoms with Gasteiger partial charge >= 0.3 is 7.60 Å². The maximum Gasteiger partial charge on any atom is 0.325 e. The van der Waals surface area contributed by atoms with Crippen molar-refractivity contribution in [3.8, 4) is 5.88 Å². The van der Waals surface area contributed by atoms with E-state index in [4.69, 9.17) is 18.9 Å². The summed E-state index contributed by atoms with van der Waals surface area (Å²) >= 11 is 0. The summed E-state index contributed by atoms with van der Waals surface area (Å²) in [5.74, 6) is 0.283. The van der Waals surface area contributed by atoms with Crippen molar-refractivity contribution in [1.82, 2.24) is 14.8 Å². The van der Waals surface area contributed by atoms with Crippen molar-refractivity contribution < 1.29 is 28.3 Å². The molecule has 0 saturated carbocycles. The summed E-state index contributed by atoms with van der Waals surface area (Å²) in [4.78, 5) is 50.6. The Morgan fingerprint density at radius 2 is 2.09 bits per heavy atom. The third-order valence-corrected chi connectivity index (χ3v) is 6.48.